The van der Waals surface area contributed by atoms with Crippen LogP contribution >= 0.6 is 0 Å². The van der Waals surface area contributed by atoms with Crippen molar-refractivity contribution >= 4 is 32.9 Å². The van der Waals surface area contributed by atoms with Gasteiger partial charge in [-0.25, -0.2) is 4.72 Å². The highest BCUT2D eigenvalue weighted by Crippen LogP contribution is 2.56. The van der Waals surface area contributed by atoms with Crippen molar-refractivity contribution in [3.05, 3.63) is 53.1 Å². The van der Waals surface area contributed by atoms with E-state index in [4.69, 9.17) is 14.2 Å². The summed E-state index contributed by atoms with van der Waals surface area (Å²) >= 11 is 0. The van der Waals surface area contributed by atoms with Crippen molar-refractivity contribution < 1.29 is 32.2 Å². The Balaban J connectivity index is 1.39. The van der Waals surface area contributed by atoms with Gasteiger partial charge in [-0.2, -0.15) is 12.7 Å². The number of carbonyl (C=O) groups is 2. The molecule has 4 fully saturated rings. The van der Waals surface area contributed by atoms with E-state index in [2.05, 4.69) is 32.2 Å². The number of methoxy groups -OCH3 is 1. The molecule has 4 atom stereocenters. The number of benzene rings is 2. The van der Waals surface area contributed by atoms with Gasteiger partial charge in [-0.15, -0.1) is 0 Å². The van der Waals surface area contributed by atoms with Gasteiger partial charge in [-0.1, -0.05) is 25.3 Å². The van der Waals surface area contributed by atoms with Crippen LogP contribution in [0.1, 0.15) is 92.3 Å². The first-order valence-electron chi connectivity index (χ1n) is 18.2. The van der Waals surface area contributed by atoms with Gasteiger partial charge in [0.25, 0.3) is 11.8 Å². The molecule has 51 heavy (non-hydrogen) atoms. The van der Waals surface area contributed by atoms with Crippen LogP contribution in [0.3, 0.4) is 0 Å². The van der Waals surface area contributed by atoms with Crippen LogP contribution in [0.4, 0.5) is 0 Å². The standard InChI is InChI=1S/C38H49N5O7S/c1-37(2)49-34-30-19-27(48-6)15-17-28(30)33-32(23-10-8-7-9-11-23)29-16-12-24(35(44)39-51(46,47)40(3)4)18-31(29)42(33)22-38(34,50-37)36(45)43-25-13-14-26(43)21-41(5)20-25/h12,15-19,23,25-26,34H,7-11,13-14,20-22H2,1-6H3,(H,39,44)/t25?,26?,34-,38?/m0/s1. The summed E-state index contributed by atoms with van der Waals surface area (Å²) in [5, 5.41) is 0.990. The zero-order chi connectivity index (χ0) is 36.0. The molecule has 8 rings (SSSR count). The second kappa shape index (κ2) is 12.3. The largest absolute Gasteiger partial charge is 0.497 e. The summed E-state index contributed by atoms with van der Waals surface area (Å²) in [7, 11) is 2.48. The maximum Gasteiger partial charge on any atom is 0.303 e. The Morgan fingerprint density at radius 1 is 0.980 bits per heavy atom. The number of aromatic nitrogens is 1. The molecule has 0 spiro atoms. The Morgan fingerprint density at radius 3 is 2.35 bits per heavy atom. The molecule has 1 aromatic heterocycles. The van der Waals surface area contributed by atoms with Crippen molar-refractivity contribution in [3.8, 4) is 17.0 Å². The average molecular weight is 720 g/mol. The molecule has 5 aliphatic rings. The van der Waals surface area contributed by atoms with Crippen LogP contribution in [0.5, 0.6) is 5.75 Å². The van der Waals surface area contributed by atoms with Crippen molar-refractivity contribution in [2.75, 3.05) is 41.3 Å². The second-order valence-corrected chi connectivity index (χ2v) is 17.7. The van der Waals surface area contributed by atoms with E-state index in [1.807, 2.05) is 32.0 Å². The minimum absolute atomic E-state index is 0.0734. The third kappa shape index (κ3) is 5.58. The Bertz CT molecular complexity index is 2010. The summed E-state index contributed by atoms with van der Waals surface area (Å²) in [6.45, 7) is 5.49. The van der Waals surface area contributed by atoms with Gasteiger partial charge in [0.1, 0.15) is 11.9 Å². The van der Waals surface area contributed by atoms with Gasteiger partial charge in [-0.05, 0) is 94.0 Å². The second-order valence-electron chi connectivity index (χ2n) is 15.8. The van der Waals surface area contributed by atoms with E-state index in [0.717, 1.165) is 83.6 Å². The predicted molar refractivity (Wildman–Crippen MR) is 193 cm³/mol. The lowest BCUT2D eigenvalue weighted by molar-refractivity contribution is -0.186. The van der Waals surface area contributed by atoms with Crippen molar-refractivity contribution in [1.82, 2.24) is 23.4 Å². The van der Waals surface area contributed by atoms with Crippen molar-refractivity contribution in [1.29, 1.82) is 0 Å². The number of nitrogens with one attached hydrogen (secondary N) is 1. The number of likely N-dealkylation sites (tertiary alicyclic amines) is 1. The number of likely N-dealkylation sites (N-methyl/N-ethyl adjacent to an activating group) is 1. The fraction of sp³-hybridized carbons (Fsp3) is 0.579. The van der Waals surface area contributed by atoms with E-state index in [-0.39, 0.29) is 36.0 Å². The minimum atomic E-state index is -4.02. The van der Waals surface area contributed by atoms with E-state index >= 15 is 4.79 Å². The maximum absolute atomic E-state index is 15.5. The number of ether oxygens (including phenoxy) is 3. The first-order valence-corrected chi connectivity index (χ1v) is 19.7. The number of hydrogen-bond acceptors (Lipinski definition) is 8. The first-order chi connectivity index (χ1) is 24.2. The zero-order valence-electron chi connectivity index (χ0n) is 30.4. The fourth-order valence-electron chi connectivity index (χ4n) is 9.59. The molecular formula is C38H49N5O7S. The van der Waals surface area contributed by atoms with Crippen LogP contribution in [-0.2, 0) is 31.0 Å². The van der Waals surface area contributed by atoms with E-state index in [0.29, 0.717) is 5.75 Å². The molecule has 274 valence electrons. The number of hydrogen-bond donors (Lipinski definition) is 1. The summed E-state index contributed by atoms with van der Waals surface area (Å²) < 4.78 is 50.3. The van der Waals surface area contributed by atoms with Gasteiger partial charge in [0.15, 0.2) is 11.4 Å². The Kier molecular flexibility index (Phi) is 8.34. The fourth-order valence-corrected chi connectivity index (χ4v) is 10.1. The highest BCUT2D eigenvalue weighted by molar-refractivity contribution is 7.87. The molecule has 2 aromatic carbocycles. The highest BCUT2D eigenvalue weighted by atomic mass is 32.2. The summed E-state index contributed by atoms with van der Waals surface area (Å²) in [5.74, 6) is -0.957. The summed E-state index contributed by atoms with van der Waals surface area (Å²) in [4.78, 5) is 33.4. The molecule has 1 N–H and O–H groups in total. The topological polar surface area (TPSA) is 123 Å². The monoisotopic (exact) mass is 719 g/mol. The van der Waals surface area contributed by atoms with Crippen LogP contribution in [0.25, 0.3) is 22.2 Å². The number of amides is 2. The van der Waals surface area contributed by atoms with Crippen molar-refractivity contribution in [3.63, 3.8) is 0 Å². The number of carbonyl (C=O) groups excluding carboxylic acids is 2. The van der Waals surface area contributed by atoms with Gasteiger partial charge in [0.05, 0.1) is 19.3 Å². The smallest absolute Gasteiger partial charge is 0.303 e. The van der Waals surface area contributed by atoms with Crippen molar-refractivity contribution in [2.24, 2.45) is 0 Å². The van der Waals surface area contributed by atoms with Gasteiger partial charge >= 0.3 is 10.2 Å². The summed E-state index contributed by atoms with van der Waals surface area (Å²) in [5.41, 5.74) is 3.48. The molecule has 1 saturated carbocycles. The van der Waals surface area contributed by atoms with Crippen LogP contribution in [0.2, 0.25) is 0 Å². The van der Waals surface area contributed by atoms with Gasteiger partial charge in [-0.3, -0.25) is 9.59 Å². The molecule has 1 aliphatic carbocycles. The lowest BCUT2D eigenvalue weighted by atomic mass is 9.80. The molecular weight excluding hydrogens is 671 g/mol. The zero-order valence-corrected chi connectivity index (χ0v) is 31.2. The third-order valence-electron chi connectivity index (χ3n) is 11.8. The van der Waals surface area contributed by atoms with Crippen LogP contribution in [-0.4, -0.2) is 104 Å². The first kappa shape index (κ1) is 34.6. The van der Waals surface area contributed by atoms with E-state index < -0.39 is 33.6 Å². The van der Waals surface area contributed by atoms with Gasteiger partial charge < -0.3 is 28.6 Å². The average Bonchev–Trinajstić information content (AvgIpc) is 3.64. The summed E-state index contributed by atoms with van der Waals surface area (Å²) in [6.07, 6.45) is 6.61. The van der Waals surface area contributed by atoms with E-state index in [1.54, 1.807) is 19.2 Å². The molecule has 12 nitrogen and oxygen atoms in total. The number of nitrogens with zero attached hydrogens (tertiary/aromatic N) is 4. The van der Waals surface area contributed by atoms with Crippen molar-refractivity contribution in [2.45, 2.75) is 101 Å². The Labute approximate surface area is 300 Å². The number of rotatable bonds is 6. The van der Waals surface area contributed by atoms with E-state index in [9.17, 15) is 13.2 Å². The van der Waals surface area contributed by atoms with E-state index in [1.165, 1.54) is 26.1 Å². The third-order valence-corrected chi connectivity index (χ3v) is 13.2. The van der Waals surface area contributed by atoms with Crippen LogP contribution in [0.15, 0.2) is 36.4 Å². The predicted octanol–water partition coefficient (Wildman–Crippen LogP) is 4.78. The molecule has 0 radical (unpaired) electrons. The normalized spacial score (nSPS) is 27.6. The lowest BCUT2D eigenvalue weighted by Gasteiger charge is -2.44. The van der Waals surface area contributed by atoms with Gasteiger partial charge in [0.2, 0.25) is 0 Å². The Hall–Kier alpha value is -3.49. The lowest BCUT2D eigenvalue weighted by Crippen LogP contribution is -2.62. The molecule has 2 amide bonds. The highest BCUT2D eigenvalue weighted by Gasteiger charge is 2.64. The SMILES string of the molecule is COc1ccc2c(c1)[C@@H]1OC(C)(C)OC1(C(=O)N1C3CCC1CN(C)C3)Cn1c-2c(C2CCCCC2)c2ccc(C(=O)NS(=O)(=O)N(C)C)cc21. The number of fused-ring (bicyclic) bond motifs is 9. The molecule has 13 heteroatoms. The molecule has 3 saturated heterocycles. The molecule has 4 aliphatic heterocycles. The Morgan fingerprint density at radius 2 is 1.69 bits per heavy atom. The minimum Gasteiger partial charge on any atom is -0.497 e. The maximum atomic E-state index is 15.5. The molecule has 3 aromatic rings. The van der Waals surface area contributed by atoms with Crippen LogP contribution < -0.4 is 9.46 Å². The number of piperazine rings is 1. The quantitative estimate of drug-likeness (QED) is 0.387. The van der Waals surface area contributed by atoms with Gasteiger partial charge in [0, 0.05) is 61.3 Å². The summed E-state index contributed by atoms with van der Waals surface area (Å²) in [6, 6.07) is 11.6. The van der Waals surface area contributed by atoms with Crippen LogP contribution in [0, 0.1) is 0 Å². The molecule has 5 heterocycles. The molecule has 3 unspecified atom stereocenters. The molecule has 2 bridgehead atoms.